The third-order valence-electron chi connectivity index (χ3n) is 6.09. The maximum absolute atomic E-state index is 2.40. The molecule has 2 heteroatoms. The molecule has 0 N–H and O–H groups in total. The molecule has 0 unspecified atom stereocenters. The Morgan fingerprint density at radius 1 is 0.536 bits per heavy atom. The second kappa shape index (κ2) is 12.0. The molecule has 0 amide bonds. The summed E-state index contributed by atoms with van der Waals surface area (Å²) in [4.78, 5) is 0. The van der Waals surface area contributed by atoms with Crippen LogP contribution in [0.2, 0.25) is 0 Å². The summed E-state index contributed by atoms with van der Waals surface area (Å²) in [6, 6.07) is 4.80. The van der Waals surface area contributed by atoms with Gasteiger partial charge in [-0.25, -0.2) is 0 Å². The fourth-order valence-corrected chi connectivity index (χ4v) is 6.49. The molecule has 0 aliphatic carbocycles. The van der Waals surface area contributed by atoms with Crippen LogP contribution in [-0.4, -0.2) is 0 Å². The Labute approximate surface area is 180 Å². The van der Waals surface area contributed by atoms with E-state index in [1.54, 1.807) is 31.3 Å². The van der Waals surface area contributed by atoms with Crippen LogP contribution in [0.5, 0.6) is 0 Å². The predicted molar refractivity (Wildman–Crippen MR) is 131 cm³/mol. The predicted octanol–water partition coefficient (Wildman–Crippen LogP) is 9.92. The number of hydrogen-bond donors (Lipinski definition) is 0. The largest absolute Gasteiger partial charge is 0.143 e. The van der Waals surface area contributed by atoms with Gasteiger partial charge in [-0.1, -0.05) is 78.1 Å². The van der Waals surface area contributed by atoms with E-state index in [4.69, 9.17) is 0 Å². The Balaban J connectivity index is 1.69. The lowest BCUT2D eigenvalue weighted by Gasteiger charge is -2.12. The zero-order valence-electron chi connectivity index (χ0n) is 18.0. The number of aryl methyl sites for hydroxylation is 2. The van der Waals surface area contributed by atoms with E-state index in [0.29, 0.717) is 0 Å². The van der Waals surface area contributed by atoms with Gasteiger partial charge in [-0.05, 0) is 70.5 Å². The third-order valence-corrected chi connectivity index (χ3v) is 8.04. The zero-order valence-corrected chi connectivity index (χ0v) is 19.7. The van der Waals surface area contributed by atoms with Crippen molar-refractivity contribution in [3.63, 3.8) is 0 Å². The Hall–Kier alpha value is -0.860. The van der Waals surface area contributed by atoms with Gasteiger partial charge in [-0.2, -0.15) is 0 Å². The van der Waals surface area contributed by atoms with Crippen molar-refractivity contribution in [2.24, 2.45) is 0 Å². The van der Waals surface area contributed by atoms with Gasteiger partial charge in [0.15, 0.2) is 0 Å². The summed E-state index contributed by atoms with van der Waals surface area (Å²) >= 11 is 3.95. The van der Waals surface area contributed by atoms with Crippen LogP contribution >= 0.6 is 22.7 Å². The summed E-state index contributed by atoms with van der Waals surface area (Å²) in [5, 5.41) is 7.77. The van der Waals surface area contributed by atoms with E-state index >= 15 is 0 Å². The van der Waals surface area contributed by atoms with E-state index in [9.17, 15) is 0 Å². The first kappa shape index (κ1) is 21.8. The van der Waals surface area contributed by atoms with Gasteiger partial charge in [0.25, 0.3) is 0 Å². The van der Waals surface area contributed by atoms with E-state index in [1.165, 1.54) is 89.9 Å². The van der Waals surface area contributed by atoms with Crippen molar-refractivity contribution in [1.29, 1.82) is 0 Å². The molecule has 3 aromatic rings. The number of hydrogen-bond acceptors (Lipinski definition) is 2. The summed E-state index contributed by atoms with van der Waals surface area (Å²) in [5.74, 6) is 0. The van der Waals surface area contributed by atoms with Gasteiger partial charge in [0, 0.05) is 9.40 Å². The van der Waals surface area contributed by atoms with Crippen LogP contribution in [0.4, 0.5) is 0 Å². The molecule has 2 aromatic heterocycles. The van der Waals surface area contributed by atoms with Gasteiger partial charge in [-0.3, -0.25) is 0 Å². The van der Waals surface area contributed by atoms with E-state index in [-0.39, 0.29) is 0 Å². The maximum atomic E-state index is 2.40. The van der Waals surface area contributed by atoms with Gasteiger partial charge >= 0.3 is 0 Å². The Bertz CT molecular complexity index is 707. The van der Waals surface area contributed by atoms with E-state index < -0.39 is 0 Å². The first-order valence-corrected chi connectivity index (χ1v) is 13.5. The standard InChI is InChI=1S/C26H38S2/c1-3-5-7-9-11-13-15-21-23-17-19-28-26(23)22(24-18-20-27-25(21)24)16-14-12-10-8-6-4-2/h17-20H,3-16H2,1-2H3. The van der Waals surface area contributed by atoms with Crippen molar-refractivity contribution in [1.82, 2.24) is 0 Å². The van der Waals surface area contributed by atoms with Crippen molar-refractivity contribution < 1.29 is 0 Å². The molecule has 3 rings (SSSR count). The molecule has 28 heavy (non-hydrogen) atoms. The molecule has 154 valence electrons. The Morgan fingerprint density at radius 3 is 1.36 bits per heavy atom. The maximum Gasteiger partial charge on any atom is 0.0384 e. The van der Waals surface area contributed by atoms with Gasteiger partial charge in [0.1, 0.15) is 0 Å². The molecule has 0 nitrogen and oxygen atoms in total. The van der Waals surface area contributed by atoms with Crippen molar-refractivity contribution in [3.8, 4) is 0 Å². The highest BCUT2D eigenvalue weighted by atomic mass is 32.1. The van der Waals surface area contributed by atoms with E-state index in [0.717, 1.165) is 0 Å². The summed E-state index contributed by atoms with van der Waals surface area (Å²) < 4.78 is 3.17. The molecule has 1 aromatic carbocycles. The summed E-state index contributed by atoms with van der Waals surface area (Å²) in [6.45, 7) is 4.60. The summed E-state index contributed by atoms with van der Waals surface area (Å²) in [6.07, 6.45) is 19.1. The average Bonchev–Trinajstić information content (AvgIpc) is 3.38. The van der Waals surface area contributed by atoms with Gasteiger partial charge in [-0.15, -0.1) is 22.7 Å². The van der Waals surface area contributed by atoms with E-state index in [1.807, 2.05) is 22.7 Å². The molecular weight excluding hydrogens is 376 g/mol. The fraction of sp³-hybridized carbons (Fsp3) is 0.615. The molecule has 0 aliphatic rings. The summed E-state index contributed by atoms with van der Waals surface area (Å²) in [7, 11) is 0. The van der Waals surface area contributed by atoms with Gasteiger partial charge < -0.3 is 0 Å². The van der Waals surface area contributed by atoms with Crippen LogP contribution in [0.25, 0.3) is 20.2 Å². The third kappa shape index (κ3) is 5.60. The SMILES string of the molecule is CCCCCCCCc1c2ccsc2c(CCCCCCCC)c2ccsc12. The van der Waals surface area contributed by atoms with Crippen LogP contribution in [-0.2, 0) is 12.8 Å². The minimum absolute atomic E-state index is 1.26. The van der Waals surface area contributed by atoms with Gasteiger partial charge in [0.2, 0.25) is 0 Å². The molecular formula is C26H38S2. The van der Waals surface area contributed by atoms with Crippen molar-refractivity contribution >= 4 is 42.8 Å². The molecule has 0 spiro atoms. The fourth-order valence-electron chi connectivity index (χ4n) is 4.47. The quantitative estimate of drug-likeness (QED) is 0.230. The normalized spacial score (nSPS) is 11.8. The molecule has 0 saturated carbocycles. The first-order valence-electron chi connectivity index (χ1n) is 11.7. The number of rotatable bonds is 14. The van der Waals surface area contributed by atoms with E-state index in [2.05, 4.69) is 36.7 Å². The Kier molecular flexibility index (Phi) is 9.34. The highest BCUT2D eigenvalue weighted by Gasteiger charge is 2.15. The number of fused-ring (bicyclic) bond motifs is 2. The lowest BCUT2D eigenvalue weighted by Crippen LogP contribution is -1.93. The second-order valence-electron chi connectivity index (χ2n) is 8.32. The minimum Gasteiger partial charge on any atom is -0.143 e. The van der Waals surface area contributed by atoms with Crippen LogP contribution in [0.15, 0.2) is 22.9 Å². The molecule has 0 radical (unpaired) electrons. The lowest BCUT2D eigenvalue weighted by molar-refractivity contribution is 0.608. The number of thiophene rings is 2. The molecule has 0 fully saturated rings. The van der Waals surface area contributed by atoms with Crippen LogP contribution in [0, 0.1) is 0 Å². The van der Waals surface area contributed by atoms with Crippen molar-refractivity contribution in [2.75, 3.05) is 0 Å². The molecule has 0 bridgehead atoms. The smallest absolute Gasteiger partial charge is 0.0384 e. The molecule has 0 atom stereocenters. The zero-order chi connectivity index (χ0) is 19.6. The highest BCUT2D eigenvalue weighted by Crippen LogP contribution is 2.40. The number of benzene rings is 1. The molecule has 0 saturated heterocycles. The second-order valence-corrected chi connectivity index (χ2v) is 10.2. The van der Waals surface area contributed by atoms with Crippen LogP contribution < -0.4 is 0 Å². The lowest BCUT2D eigenvalue weighted by atomic mass is 9.95. The molecule has 2 heterocycles. The van der Waals surface area contributed by atoms with Crippen LogP contribution in [0.1, 0.15) is 102 Å². The Morgan fingerprint density at radius 2 is 0.929 bits per heavy atom. The summed E-state index contributed by atoms with van der Waals surface area (Å²) in [5.41, 5.74) is 3.28. The first-order chi connectivity index (χ1) is 13.9. The topological polar surface area (TPSA) is 0 Å². The highest BCUT2D eigenvalue weighted by molar-refractivity contribution is 7.19. The average molecular weight is 415 g/mol. The van der Waals surface area contributed by atoms with Crippen molar-refractivity contribution in [2.45, 2.75) is 104 Å². The molecule has 0 aliphatic heterocycles. The van der Waals surface area contributed by atoms with Crippen LogP contribution in [0.3, 0.4) is 0 Å². The minimum atomic E-state index is 1.26. The monoisotopic (exact) mass is 414 g/mol. The van der Waals surface area contributed by atoms with Gasteiger partial charge in [0.05, 0.1) is 0 Å². The number of unbranched alkanes of at least 4 members (excludes halogenated alkanes) is 10. The van der Waals surface area contributed by atoms with Crippen molar-refractivity contribution in [3.05, 3.63) is 34.0 Å².